The second-order valence-corrected chi connectivity index (χ2v) is 4.20. The highest BCUT2D eigenvalue weighted by Gasteiger charge is 2.14. The Morgan fingerprint density at radius 2 is 2.10 bits per heavy atom. The zero-order valence-corrected chi connectivity index (χ0v) is 11.7. The summed E-state index contributed by atoms with van der Waals surface area (Å²) in [4.78, 5) is 4.31. The molecule has 21 heavy (non-hydrogen) atoms. The Hall–Kier alpha value is -2.76. The fourth-order valence-electron chi connectivity index (χ4n) is 1.92. The SMILES string of the molecule is CCOc1ccc(-c2noc(-c3ccco3)n2)cc1OC. The summed E-state index contributed by atoms with van der Waals surface area (Å²) < 4.78 is 21.2. The van der Waals surface area contributed by atoms with Gasteiger partial charge in [-0.3, -0.25) is 0 Å². The maximum absolute atomic E-state index is 5.48. The van der Waals surface area contributed by atoms with Crippen LogP contribution < -0.4 is 9.47 Å². The van der Waals surface area contributed by atoms with E-state index in [0.29, 0.717) is 35.6 Å². The van der Waals surface area contributed by atoms with Crippen LogP contribution in [0.15, 0.2) is 45.5 Å². The van der Waals surface area contributed by atoms with Gasteiger partial charge in [0.15, 0.2) is 17.3 Å². The van der Waals surface area contributed by atoms with Crippen molar-refractivity contribution < 1.29 is 18.4 Å². The first-order valence-electron chi connectivity index (χ1n) is 6.50. The van der Waals surface area contributed by atoms with Crippen molar-refractivity contribution in [2.45, 2.75) is 6.92 Å². The largest absolute Gasteiger partial charge is 0.493 e. The minimum absolute atomic E-state index is 0.336. The second kappa shape index (κ2) is 5.70. The minimum atomic E-state index is 0.336. The molecule has 6 nitrogen and oxygen atoms in total. The van der Waals surface area contributed by atoms with E-state index in [9.17, 15) is 0 Å². The highest BCUT2D eigenvalue weighted by atomic mass is 16.5. The Bertz CT molecular complexity index is 719. The number of benzene rings is 1. The Labute approximate surface area is 121 Å². The predicted octanol–water partition coefficient (Wildman–Crippen LogP) is 3.40. The summed E-state index contributed by atoms with van der Waals surface area (Å²) in [5.41, 5.74) is 0.775. The van der Waals surface area contributed by atoms with Crippen molar-refractivity contribution in [3.8, 4) is 34.5 Å². The molecule has 0 aliphatic carbocycles. The summed E-state index contributed by atoms with van der Waals surface area (Å²) in [5, 5.41) is 3.95. The number of methoxy groups -OCH3 is 1. The van der Waals surface area contributed by atoms with E-state index in [1.165, 1.54) is 0 Å². The van der Waals surface area contributed by atoms with Crippen molar-refractivity contribution in [2.24, 2.45) is 0 Å². The molecular formula is C15H14N2O4. The van der Waals surface area contributed by atoms with E-state index in [1.807, 2.05) is 25.1 Å². The molecule has 0 N–H and O–H groups in total. The lowest BCUT2D eigenvalue weighted by Gasteiger charge is -2.09. The van der Waals surface area contributed by atoms with Crippen LogP contribution in [0.4, 0.5) is 0 Å². The van der Waals surface area contributed by atoms with Gasteiger partial charge in [-0.1, -0.05) is 5.16 Å². The Balaban J connectivity index is 1.93. The summed E-state index contributed by atoms with van der Waals surface area (Å²) in [7, 11) is 1.59. The third-order valence-electron chi connectivity index (χ3n) is 2.88. The number of nitrogens with zero attached hydrogens (tertiary/aromatic N) is 2. The fourth-order valence-corrected chi connectivity index (χ4v) is 1.92. The van der Waals surface area contributed by atoms with E-state index in [4.69, 9.17) is 18.4 Å². The molecule has 0 aliphatic rings. The number of ether oxygens (including phenoxy) is 2. The lowest BCUT2D eigenvalue weighted by molar-refractivity contribution is 0.311. The first-order valence-corrected chi connectivity index (χ1v) is 6.50. The minimum Gasteiger partial charge on any atom is -0.493 e. The molecule has 6 heteroatoms. The Morgan fingerprint density at radius 3 is 2.81 bits per heavy atom. The zero-order chi connectivity index (χ0) is 14.7. The van der Waals surface area contributed by atoms with Gasteiger partial charge >= 0.3 is 0 Å². The molecule has 108 valence electrons. The number of aromatic nitrogens is 2. The molecular weight excluding hydrogens is 272 g/mol. The third-order valence-corrected chi connectivity index (χ3v) is 2.88. The van der Waals surface area contributed by atoms with Gasteiger partial charge in [0.05, 0.1) is 20.0 Å². The predicted molar refractivity (Wildman–Crippen MR) is 75.2 cm³/mol. The van der Waals surface area contributed by atoms with Gasteiger partial charge in [0, 0.05) is 5.56 Å². The van der Waals surface area contributed by atoms with E-state index in [2.05, 4.69) is 10.1 Å². The monoisotopic (exact) mass is 286 g/mol. The quantitative estimate of drug-likeness (QED) is 0.715. The van der Waals surface area contributed by atoms with E-state index in [0.717, 1.165) is 5.56 Å². The molecule has 2 heterocycles. The third kappa shape index (κ3) is 2.60. The molecule has 2 aromatic heterocycles. The molecule has 3 rings (SSSR count). The molecule has 0 fully saturated rings. The van der Waals surface area contributed by atoms with Crippen LogP contribution in [0.2, 0.25) is 0 Å². The van der Waals surface area contributed by atoms with Crippen molar-refractivity contribution >= 4 is 0 Å². The summed E-state index contributed by atoms with van der Waals surface area (Å²) in [6.45, 7) is 2.49. The molecule has 0 spiro atoms. The molecule has 0 saturated heterocycles. The normalized spacial score (nSPS) is 10.6. The van der Waals surface area contributed by atoms with Crippen LogP contribution in [-0.4, -0.2) is 23.9 Å². The summed E-state index contributed by atoms with van der Waals surface area (Å²) in [6, 6.07) is 9.00. The van der Waals surface area contributed by atoms with Crippen molar-refractivity contribution in [1.82, 2.24) is 10.1 Å². The maximum Gasteiger partial charge on any atom is 0.293 e. The van der Waals surface area contributed by atoms with Gasteiger partial charge in [0.2, 0.25) is 5.82 Å². The van der Waals surface area contributed by atoms with Gasteiger partial charge in [0.25, 0.3) is 5.89 Å². The van der Waals surface area contributed by atoms with Crippen LogP contribution >= 0.6 is 0 Å². The van der Waals surface area contributed by atoms with Crippen LogP contribution in [0.5, 0.6) is 11.5 Å². The Kier molecular flexibility index (Phi) is 3.59. The van der Waals surface area contributed by atoms with Crippen LogP contribution in [-0.2, 0) is 0 Å². The average Bonchev–Trinajstić information content (AvgIpc) is 3.19. The van der Waals surface area contributed by atoms with E-state index >= 15 is 0 Å². The number of rotatable bonds is 5. The van der Waals surface area contributed by atoms with Gasteiger partial charge < -0.3 is 18.4 Å². The summed E-state index contributed by atoms with van der Waals surface area (Å²) >= 11 is 0. The maximum atomic E-state index is 5.48. The molecule has 0 unspecified atom stereocenters. The van der Waals surface area contributed by atoms with Gasteiger partial charge in [-0.25, -0.2) is 0 Å². The lowest BCUT2D eigenvalue weighted by Crippen LogP contribution is -1.95. The second-order valence-electron chi connectivity index (χ2n) is 4.20. The number of furan rings is 1. The number of hydrogen-bond donors (Lipinski definition) is 0. The zero-order valence-electron chi connectivity index (χ0n) is 11.7. The van der Waals surface area contributed by atoms with Gasteiger partial charge in [-0.05, 0) is 37.3 Å². The standard InChI is InChI=1S/C15H14N2O4/c1-3-19-11-7-6-10(9-13(11)18-2)14-16-15(21-17-14)12-5-4-8-20-12/h4-9H,3H2,1-2H3. The van der Waals surface area contributed by atoms with Gasteiger partial charge in [0.1, 0.15) is 0 Å². The first-order chi connectivity index (χ1) is 10.3. The molecule has 0 radical (unpaired) electrons. The highest BCUT2D eigenvalue weighted by molar-refractivity contribution is 5.62. The number of hydrogen-bond acceptors (Lipinski definition) is 6. The van der Waals surface area contributed by atoms with Crippen molar-refractivity contribution in [1.29, 1.82) is 0 Å². The van der Waals surface area contributed by atoms with Crippen molar-refractivity contribution in [3.05, 3.63) is 36.6 Å². The topological polar surface area (TPSA) is 70.5 Å². The summed E-state index contributed by atoms with van der Waals surface area (Å²) in [5.74, 6) is 2.63. The van der Waals surface area contributed by atoms with Gasteiger partial charge in [-0.2, -0.15) is 4.98 Å². The van der Waals surface area contributed by atoms with E-state index in [1.54, 1.807) is 25.5 Å². The smallest absolute Gasteiger partial charge is 0.293 e. The molecule has 0 bridgehead atoms. The summed E-state index contributed by atoms with van der Waals surface area (Å²) in [6.07, 6.45) is 1.55. The van der Waals surface area contributed by atoms with Crippen LogP contribution in [0.25, 0.3) is 23.0 Å². The first kappa shape index (κ1) is 13.2. The molecule has 0 saturated carbocycles. The molecule has 0 aliphatic heterocycles. The van der Waals surface area contributed by atoms with E-state index in [-0.39, 0.29) is 0 Å². The molecule has 0 amide bonds. The fraction of sp³-hybridized carbons (Fsp3) is 0.200. The van der Waals surface area contributed by atoms with E-state index < -0.39 is 0 Å². The van der Waals surface area contributed by atoms with Gasteiger partial charge in [-0.15, -0.1) is 0 Å². The highest BCUT2D eigenvalue weighted by Crippen LogP contribution is 2.32. The van der Waals surface area contributed by atoms with Crippen molar-refractivity contribution in [3.63, 3.8) is 0 Å². The molecule has 0 atom stereocenters. The van der Waals surface area contributed by atoms with Crippen LogP contribution in [0.1, 0.15) is 6.92 Å². The molecule has 3 aromatic rings. The average molecular weight is 286 g/mol. The van der Waals surface area contributed by atoms with Crippen LogP contribution in [0, 0.1) is 0 Å². The lowest BCUT2D eigenvalue weighted by atomic mass is 10.2. The van der Waals surface area contributed by atoms with Crippen molar-refractivity contribution in [2.75, 3.05) is 13.7 Å². The molecule has 1 aromatic carbocycles. The Morgan fingerprint density at radius 1 is 1.19 bits per heavy atom. The van der Waals surface area contributed by atoms with Crippen LogP contribution in [0.3, 0.4) is 0 Å².